The minimum Gasteiger partial charge on any atom is -0.460 e. The van der Waals surface area contributed by atoms with Gasteiger partial charge in [0.05, 0.1) is 12.6 Å². The summed E-state index contributed by atoms with van der Waals surface area (Å²) in [5, 5.41) is 0. The molecule has 0 saturated carbocycles. The Morgan fingerprint density at radius 1 is 0.926 bits per heavy atom. The highest BCUT2D eigenvalue weighted by molar-refractivity contribution is 5.80. The largest absolute Gasteiger partial charge is 0.460 e. The van der Waals surface area contributed by atoms with Crippen LogP contribution in [0, 0.1) is 0 Å². The fraction of sp³-hybridized carbons (Fsp3) is 0.333. The molecule has 6 nitrogen and oxygen atoms in total. The number of carbonyl (C=O) groups is 2. The van der Waals surface area contributed by atoms with Crippen molar-refractivity contribution in [2.24, 2.45) is 0 Å². The van der Waals surface area contributed by atoms with Crippen LogP contribution in [-0.4, -0.2) is 48.2 Å². The summed E-state index contributed by atoms with van der Waals surface area (Å²) in [6.45, 7) is 1.02. The third-order valence-electron chi connectivity index (χ3n) is 4.78. The molecule has 2 aromatic carbocycles. The first-order chi connectivity index (χ1) is 13.2. The first-order valence-electron chi connectivity index (χ1n) is 9.00. The zero-order valence-corrected chi connectivity index (χ0v) is 14.8. The summed E-state index contributed by atoms with van der Waals surface area (Å²) in [5.41, 5.74) is 1.85. The van der Waals surface area contributed by atoms with Crippen LogP contribution in [0.15, 0.2) is 60.7 Å². The Bertz CT molecular complexity index is 795. The van der Waals surface area contributed by atoms with Gasteiger partial charge in [-0.3, -0.25) is 14.5 Å². The highest BCUT2D eigenvalue weighted by Crippen LogP contribution is 2.37. The molecule has 2 heterocycles. The second-order valence-electron chi connectivity index (χ2n) is 6.75. The molecule has 0 aromatic heterocycles. The number of esters is 2. The van der Waals surface area contributed by atoms with Gasteiger partial charge in [0.15, 0.2) is 0 Å². The van der Waals surface area contributed by atoms with E-state index >= 15 is 0 Å². The molecule has 3 atom stereocenters. The lowest BCUT2D eigenvalue weighted by atomic mass is 10.2. The highest BCUT2D eigenvalue weighted by atomic mass is 16.6. The number of ether oxygens (including phenoxy) is 3. The molecule has 0 radical (unpaired) electrons. The number of epoxide rings is 1. The van der Waals surface area contributed by atoms with E-state index in [4.69, 9.17) is 14.2 Å². The van der Waals surface area contributed by atoms with Crippen LogP contribution in [0.3, 0.4) is 0 Å². The Kier molecular flexibility index (Phi) is 5.18. The zero-order chi connectivity index (χ0) is 18.6. The number of likely N-dealkylation sites (tertiary alicyclic amines) is 1. The van der Waals surface area contributed by atoms with Crippen LogP contribution in [0.1, 0.15) is 11.1 Å². The van der Waals surface area contributed by atoms with Crippen LogP contribution in [0.2, 0.25) is 0 Å². The van der Waals surface area contributed by atoms with E-state index in [1.807, 2.05) is 60.7 Å². The topological polar surface area (TPSA) is 68.4 Å². The normalized spacial score (nSPS) is 23.5. The van der Waals surface area contributed by atoms with Crippen LogP contribution in [0.25, 0.3) is 0 Å². The molecule has 140 valence electrons. The van der Waals surface area contributed by atoms with Crippen LogP contribution in [-0.2, 0) is 37.0 Å². The van der Waals surface area contributed by atoms with E-state index in [1.165, 1.54) is 0 Å². The molecule has 0 amide bonds. The van der Waals surface area contributed by atoms with Crippen molar-refractivity contribution in [3.8, 4) is 0 Å². The Morgan fingerprint density at radius 2 is 1.52 bits per heavy atom. The van der Waals surface area contributed by atoms with Gasteiger partial charge in [-0.25, -0.2) is 0 Å². The molecule has 0 spiro atoms. The van der Waals surface area contributed by atoms with Crippen molar-refractivity contribution < 1.29 is 23.8 Å². The van der Waals surface area contributed by atoms with Crippen LogP contribution in [0.4, 0.5) is 0 Å². The fourth-order valence-electron chi connectivity index (χ4n) is 3.34. The molecule has 2 fully saturated rings. The second kappa shape index (κ2) is 7.90. The van der Waals surface area contributed by atoms with Gasteiger partial charge in [0.25, 0.3) is 0 Å². The van der Waals surface area contributed by atoms with E-state index in [9.17, 15) is 9.59 Å². The molecule has 4 rings (SSSR count). The van der Waals surface area contributed by atoms with E-state index in [1.54, 1.807) is 4.90 Å². The summed E-state index contributed by atoms with van der Waals surface area (Å²) in [7, 11) is 0. The summed E-state index contributed by atoms with van der Waals surface area (Å²) in [6.07, 6.45) is -0.184. The minimum absolute atomic E-state index is 0.00111. The molecule has 0 unspecified atom stereocenters. The summed E-state index contributed by atoms with van der Waals surface area (Å²) in [4.78, 5) is 26.5. The SMILES string of the molecule is O=C(CN1C[C@H]2O[C@H]2[C@H]1C(=O)OCc1ccccc1)OCc1ccccc1. The van der Waals surface area contributed by atoms with Gasteiger partial charge in [-0.15, -0.1) is 0 Å². The maximum absolute atomic E-state index is 12.5. The lowest BCUT2D eigenvalue weighted by Crippen LogP contribution is -2.45. The van der Waals surface area contributed by atoms with E-state index < -0.39 is 6.04 Å². The van der Waals surface area contributed by atoms with Gasteiger partial charge in [-0.05, 0) is 11.1 Å². The van der Waals surface area contributed by atoms with Crippen molar-refractivity contribution in [2.45, 2.75) is 31.5 Å². The smallest absolute Gasteiger partial charge is 0.326 e. The number of benzene rings is 2. The van der Waals surface area contributed by atoms with Gasteiger partial charge in [0.2, 0.25) is 0 Å². The lowest BCUT2D eigenvalue weighted by molar-refractivity contribution is -0.155. The summed E-state index contributed by atoms with van der Waals surface area (Å²) in [5.74, 6) is -0.722. The van der Waals surface area contributed by atoms with Gasteiger partial charge >= 0.3 is 11.9 Å². The van der Waals surface area contributed by atoms with Crippen molar-refractivity contribution >= 4 is 11.9 Å². The number of fused-ring (bicyclic) bond motifs is 1. The summed E-state index contributed by atoms with van der Waals surface area (Å²) in [6, 6.07) is 18.5. The lowest BCUT2D eigenvalue weighted by Gasteiger charge is -2.24. The molecule has 2 aromatic rings. The third-order valence-corrected chi connectivity index (χ3v) is 4.78. The van der Waals surface area contributed by atoms with Gasteiger partial charge in [0, 0.05) is 6.54 Å². The van der Waals surface area contributed by atoms with E-state index in [0.717, 1.165) is 11.1 Å². The first-order valence-corrected chi connectivity index (χ1v) is 9.00. The van der Waals surface area contributed by atoms with Gasteiger partial charge in [-0.2, -0.15) is 0 Å². The molecule has 2 aliphatic rings. The molecule has 0 aliphatic carbocycles. The fourth-order valence-corrected chi connectivity index (χ4v) is 3.34. The van der Waals surface area contributed by atoms with Crippen molar-refractivity contribution in [3.05, 3.63) is 71.8 Å². The highest BCUT2D eigenvalue weighted by Gasteiger charge is 2.58. The van der Waals surface area contributed by atoms with Crippen LogP contribution in [0.5, 0.6) is 0 Å². The zero-order valence-electron chi connectivity index (χ0n) is 14.8. The predicted molar refractivity (Wildman–Crippen MR) is 96.5 cm³/mol. The van der Waals surface area contributed by atoms with Gasteiger partial charge < -0.3 is 14.2 Å². The quantitative estimate of drug-likeness (QED) is 0.550. The number of nitrogens with zero attached hydrogens (tertiary/aromatic N) is 1. The molecule has 0 bridgehead atoms. The van der Waals surface area contributed by atoms with E-state index in [2.05, 4.69) is 0 Å². The maximum Gasteiger partial charge on any atom is 0.326 e. The maximum atomic E-state index is 12.5. The Labute approximate surface area is 157 Å². The van der Waals surface area contributed by atoms with E-state index in [0.29, 0.717) is 6.54 Å². The predicted octanol–water partition coefficient (Wildman–Crippen LogP) is 1.92. The average Bonchev–Trinajstić information content (AvgIpc) is 3.36. The molecule has 0 N–H and O–H groups in total. The average molecular weight is 367 g/mol. The number of carbonyl (C=O) groups excluding carboxylic acids is 2. The molecule has 6 heteroatoms. The van der Waals surface area contributed by atoms with Crippen molar-refractivity contribution in [3.63, 3.8) is 0 Å². The van der Waals surface area contributed by atoms with Crippen LogP contribution >= 0.6 is 0 Å². The van der Waals surface area contributed by atoms with Gasteiger partial charge in [-0.1, -0.05) is 60.7 Å². The summed E-state index contributed by atoms with van der Waals surface area (Å²) < 4.78 is 16.2. The molecule has 2 aliphatic heterocycles. The Hall–Kier alpha value is -2.70. The first kappa shape index (κ1) is 17.7. The van der Waals surface area contributed by atoms with Crippen molar-refractivity contribution in [2.75, 3.05) is 13.1 Å². The van der Waals surface area contributed by atoms with Crippen LogP contribution < -0.4 is 0 Å². The number of rotatable bonds is 7. The monoisotopic (exact) mass is 367 g/mol. The number of morpholine rings is 1. The summed E-state index contributed by atoms with van der Waals surface area (Å²) >= 11 is 0. The standard InChI is InChI=1S/C21H21NO5/c23-18(25-13-15-7-3-1-4-8-15)12-22-11-17-20(27-17)19(22)21(24)26-14-16-9-5-2-6-10-16/h1-10,17,19-20H,11-14H2/t17-,19+,20-/m1/s1. The molecule has 2 saturated heterocycles. The number of hydrogen-bond donors (Lipinski definition) is 0. The second-order valence-corrected chi connectivity index (χ2v) is 6.75. The van der Waals surface area contributed by atoms with Crippen molar-refractivity contribution in [1.82, 2.24) is 4.90 Å². The Morgan fingerprint density at radius 3 is 2.15 bits per heavy atom. The molecule has 27 heavy (non-hydrogen) atoms. The van der Waals surface area contributed by atoms with E-state index in [-0.39, 0.29) is 43.9 Å². The number of hydrogen-bond acceptors (Lipinski definition) is 6. The van der Waals surface area contributed by atoms with Gasteiger partial charge in [0.1, 0.15) is 25.4 Å². The van der Waals surface area contributed by atoms with Crippen molar-refractivity contribution in [1.29, 1.82) is 0 Å². The third kappa shape index (κ3) is 4.35. The minimum atomic E-state index is -0.553. The molecular weight excluding hydrogens is 346 g/mol. The Balaban J connectivity index is 1.29. The molecular formula is C21H21NO5.